The molecule has 0 atom stereocenters. The lowest BCUT2D eigenvalue weighted by atomic mass is 10.3. The van der Waals surface area contributed by atoms with Gasteiger partial charge < -0.3 is 5.11 Å². The van der Waals surface area contributed by atoms with Gasteiger partial charge in [0.2, 0.25) is 0 Å². The Morgan fingerprint density at radius 2 is 2.56 bits per heavy atom. The Morgan fingerprint density at radius 1 is 1.89 bits per heavy atom. The van der Waals surface area contributed by atoms with E-state index >= 15 is 0 Å². The molecular formula is C5H8N2O2. The van der Waals surface area contributed by atoms with Crippen molar-refractivity contribution in [3.63, 3.8) is 0 Å². The molecule has 0 spiro atoms. The highest BCUT2D eigenvalue weighted by molar-refractivity contribution is 6.35. The van der Waals surface area contributed by atoms with Gasteiger partial charge >= 0.3 is 5.97 Å². The van der Waals surface area contributed by atoms with Gasteiger partial charge in [0.15, 0.2) is 0 Å². The number of carboxylic acids is 1. The Balaban J connectivity index is 2.62. The molecule has 4 heteroatoms. The highest BCUT2D eigenvalue weighted by Crippen LogP contribution is 2.01. The van der Waals surface area contributed by atoms with Crippen LogP contribution in [0.5, 0.6) is 0 Å². The molecule has 1 heterocycles. The van der Waals surface area contributed by atoms with E-state index in [1.165, 1.54) is 0 Å². The first-order valence-corrected chi connectivity index (χ1v) is 2.72. The van der Waals surface area contributed by atoms with Crippen LogP contribution in [0.2, 0.25) is 0 Å². The minimum Gasteiger partial charge on any atom is -0.477 e. The average molecular weight is 128 g/mol. The predicted octanol–water partition coefficient (Wildman–Crippen LogP) is -0.237. The van der Waals surface area contributed by atoms with Crippen LogP contribution in [0.25, 0.3) is 0 Å². The summed E-state index contributed by atoms with van der Waals surface area (Å²) < 4.78 is 0. The molecule has 4 nitrogen and oxygen atoms in total. The van der Waals surface area contributed by atoms with E-state index in [4.69, 9.17) is 5.11 Å². The molecule has 0 aliphatic carbocycles. The highest BCUT2D eigenvalue weighted by atomic mass is 16.4. The quantitative estimate of drug-likeness (QED) is 0.530. The van der Waals surface area contributed by atoms with Crippen molar-refractivity contribution in [1.29, 1.82) is 0 Å². The third-order valence-electron chi connectivity index (χ3n) is 1.21. The van der Waals surface area contributed by atoms with Gasteiger partial charge in [0.25, 0.3) is 0 Å². The monoisotopic (exact) mass is 128 g/mol. The summed E-state index contributed by atoms with van der Waals surface area (Å²) in [7, 11) is 1.76. The van der Waals surface area contributed by atoms with Crippen LogP contribution in [-0.2, 0) is 4.79 Å². The second-order valence-electron chi connectivity index (χ2n) is 1.98. The van der Waals surface area contributed by atoms with E-state index in [9.17, 15) is 4.79 Å². The van der Waals surface area contributed by atoms with E-state index in [2.05, 4.69) is 5.10 Å². The zero-order valence-electron chi connectivity index (χ0n) is 5.16. The molecule has 0 radical (unpaired) electrons. The van der Waals surface area contributed by atoms with Crippen molar-refractivity contribution in [2.24, 2.45) is 5.10 Å². The van der Waals surface area contributed by atoms with Gasteiger partial charge in [-0.2, -0.15) is 5.10 Å². The van der Waals surface area contributed by atoms with Crippen LogP contribution in [0.1, 0.15) is 6.42 Å². The molecule has 0 saturated carbocycles. The molecule has 0 aromatic heterocycles. The first-order valence-electron chi connectivity index (χ1n) is 2.72. The Morgan fingerprint density at radius 3 is 2.78 bits per heavy atom. The van der Waals surface area contributed by atoms with E-state index in [1.807, 2.05) is 0 Å². The second-order valence-corrected chi connectivity index (χ2v) is 1.98. The van der Waals surface area contributed by atoms with Crippen molar-refractivity contribution in [2.75, 3.05) is 13.6 Å². The molecule has 1 rings (SSSR count). The lowest BCUT2D eigenvalue weighted by Crippen LogP contribution is -2.09. The van der Waals surface area contributed by atoms with Crippen molar-refractivity contribution >= 4 is 11.7 Å². The van der Waals surface area contributed by atoms with Crippen LogP contribution in [0, 0.1) is 0 Å². The second kappa shape index (κ2) is 2.05. The predicted molar refractivity (Wildman–Crippen MR) is 32.3 cm³/mol. The summed E-state index contributed by atoms with van der Waals surface area (Å²) in [5, 5.41) is 13.7. The molecule has 0 bridgehead atoms. The maximum absolute atomic E-state index is 10.2. The summed E-state index contributed by atoms with van der Waals surface area (Å²) in [6.45, 7) is 0.724. The fraction of sp³-hybridized carbons (Fsp3) is 0.600. The molecule has 0 aromatic carbocycles. The molecular weight excluding hydrogens is 120 g/mol. The Labute approximate surface area is 52.8 Å². The summed E-state index contributed by atoms with van der Waals surface area (Å²) in [6, 6.07) is 0. The van der Waals surface area contributed by atoms with Gasteiger partial charge in [-0.3, -0.25) is 5.01 Å². The van der Waals surface area contributed by atoms with Gasteiger partial charge in [0, 0.05) is 20.0 Å². The number of rotatable bonds is 1. The van der Waals surface area contributed by atoms with Crippen molar-refractivity contribution in [2.45, 2.75) is 6.42 Å². The topological polar surface area (TPSA) is 52.9 Å². The third-order valence-corrected chi connectivity index (χ3v) is 1.21. The minimum absolute atomic E-state index is 0.262. The maximum atomic E-state index is 10.2. The zero-order valence-corrected chi connectivity index (χ0v) is 5.16. The van der Waals surface area contributed by atoms with Crippen LogP contribution in [0.4, 0.5) is 0 Å². The van der Waals surface area contributed by atoms with E-state index < -0.39 is 5.97 Å². The molecule has 1 aliphatic rings. The Hall–Kier alpha value is -1.06. The van der Waals surface area contributed by atoms with Crippen LogP contribution in [0.15, 0.2) is 5.10 Å². The number of carbonyl (C=O) groups is 1. The molecule has 0 aromatic rings. The summed E-state index contributed by atoms with van der Waals surface area (Å²) in [6.07, 6.45) is 0.561. The first kappa shape index (κ1) is 6.07. The largest absolute Gasteiger partial charge is 0.477 e. The summed E-state index contributed by atoms with van der Waals surface area (Å²) in [5.74, 6) is -0.903. The number of nitrogens with zero attached hydrogens (tertiary/aromatic N) is 2. The molecule has 9 heavy (non-hydrogen) atoms. The van der Waals surface area contributed by atoms with Crippen LogP contribution in [0.3, 0.4) is 0 Å². The normalized spacial score (nSPS) is 17.9. The van der Waals surface area contributed by atoms with Crippen molar-refractivity contribution in [3.05, 3.63) is 0 Å². The molecule has 0 unspecified atom stereocenters. The van der Waals surface area contributed by atoms with Gasteiger partial charge in [0.1, 0.15) is 5.71 Å². The summed E-state index contributed by atoms with van der Waals surface area (Å²) in [5.41, 5.74) is 0.262. The molecule has 0 fully saturated rings. The van der Waals surface area contributed by atoms with Crippen LogP contribution in [-0.4, -0.2) is 35.4 Å². The van der Waals surface area contributed by atoms with E-state index in [1.54, 1.807) is 12.1 Å². The average Bonchev–Trinajstić information content (AvgIpc) is 2.14. The number of hydrogen-bond acceptors (Lipinski definition) is 3. The summed E-state index contributed by atoms with van der Waals surface area (Å²) in [4.78, 5) is 10.2. The van der Waals surface area contributed by atoms with Gasteiger partial charge in [-0.15, -0.1) is 0 Å². The molecule has 1 aliphatic heterocycles. The number of carboxylic acid groups (broad SMARTS) is 1. The van der Waals surface area contributed by atoms with E-state index in [0.717, 1.165) is 6.54 Å². The number of hydrazone groups is 1. The highest BCUT2D eigenvalue weighted by Gasteiger charge is 2.16. The van der Waals surface area contributed by atoms with Crippen molar-refractivity contribution in [1.82, 2.24) is 5.01 Å². The fourth-order valence-electron chi connectivity index (χ4n) is 0.723. The smallest absolute Gasteiger partial charge is 0.352 e. The fourth-order valence-corrected chi connectivity index (χ4v) is 0.723. The zero-order chi connectivity index (χ0) is 6.85. The van der Waals surface area contributed by atoms with Gasteiger partial charge in [-0.1, -0.05) is 0 Å². The van der Waals surface area contributed by atoms with Crippen molar-refractivity contribution < 1.29 is 9.90 Å². The van der Waals surface area contributed by atoms with Crippen LogP contribution >= 0.6 is 0 Å². The molecule has 0 amide bonds. The third kappa shape index (κ3) is 1.19. The van der Waals surface area contributed by atoms with Gasteiger partial charge in [0.05, 0.1) is 0 Å². The number of aliphatic carboxylic acids is 1. The van der Waals surface area contributed by atoms with Gasteiger partial charge in [-0.25, -0.2) is 4.79 Å². The lowest BCUT2D eigenvalue weighted by Gasteiger charge is -2.00. The lowest BCUT2D eigenvalue weighted by molar-refractivity contribution is -0.129. The summed E-state index contributed by atoms with van der Waals surface area (Å²) >= 11 is 0. The van der Waals surface area contributed by atoms with E-state index in [0.29, 0.717) is 6.42 Å². The Kier molecular flexibility index (Phi) is 1.38. The Bertz CT molecular complexity index is 164. The molecule has 0 saturated heterocycles. The maximum Gasteiger partial charge on any atom is 0.352 e. The van der Waals surface area contributed by atoms with E-state index in [-0.39, 0.29) is 5.71 Å². The SMILES string of the molecule is CN1CCC(C(=O)O)=N1. The van der Waals surface area contributed by atoms with Gasteiger partial charge in [-0.05, 0) is 0 Å². The minimum atomic E-state index is -0.903. The molecule has 50 valence electrons. The van der Waals surface area contributed by atoms with Crippen LogP contribution < -0.4 is 0 Å². The van der Waals surface area contributed by atoms with Crippen molar-refractivity contribution in [3.8, 4) is 0 Å². The number of hydrogen-bond donors (Lipinski definition) is 1. The molecule has 1 N–H and O–H groups in total. The standard InChI is InChI=1S/C5H8N2O2/c1-7-3-2-4(6-7)5(8)9/h2-3H2,1H3,(H,8,9). The first-order chi connectivity index (χ1) is 4.20.